The molecule has 10 rings (SSSR count). The van der Waals surface area contributed by atoms with E-state index in [0.29, 0.717) is 57.0 Å². The number of nitrogens with two attached hydrogens (primary N) is 1. The van der Waals surface area contributed by atoms with Crippen molar-refractivity contribution in [3.63, 3.8) is 0 Å². The fraction of sp³-hybridized carbons (Fsp3) is 0.208. The number of imidazole rings is 2. The Balaban J connectivity index is 0.000000163. The number of nitrogens with one attached hydrogen (secondary N) is 1. The lowest BCUT2D eigenvalue weighted by molar-refractivity contribution is -0.276. The van der Waals surface area contributed by atoms with E-state index in [1.54, 1.807) is 100 Å². The van der Waals surface area contributed by atoms with Gasteiger partial charge in [-0.3, -0.25) is 0 Å². The lowest BCUT2D eigenvalue weighted by Gasteiger charge is -2.35. The van der Waals surface area contributed by atoms with E-state index >= 15 is 0 Å². The van der Waals surface area contributed by atoms with Crippen molar-refractivity contribution in [2.75, 3.05) is 48.2 Å². The Morgan fingerprint density at radius 3 is 1.60 bits per heavy atom. The molecule has 6 heterocycles. The minimum atomic E-state index is -4.83. The van der Waals surface area contributed by atoms with Gasteiger partial charge >= 0.3 is 12.7 Å². The molecule has 4 aromatic carbocycles. The van der Waals surface area contributed by atoms with Gasteiger partial charge in [0.25, 0.3) is 0 Å². The average Bonchev–Trinajstić information content (AvgIpc) is 3.97. The summed E-state index contributed by atoms with van der Waals surface area (Å²) in [5.41, 5.74) is 9.31. The standard InChI is InChI=1S/C24H20F4N6O2.C14H11ClF3N3O2.C10H10FN3/c1-14-11-34(13-30-14)18-8-7-15(9-17(18)25)31-23-29-10-21-22(32-23)33(2)19(12-35-21)16-5-3-4-6-20(16)36-24(26,27)28;1-21-9(7-22-11-6-19-13(15)20-12(11)21)8-4-2-3-5-10(8)23-14(16,17)18;1-7-5-14(6-13-7)10-3-2-8(12)4-9(10)11/h3-11,13,19H,12H2,1-2H3,(H,29,31,32);2-6,9H,7H2,1H3;2-6H,12H2,1H3. The van der Waals surface area contributed by atoms with Crippen LogP contribution in [-0.2, 0) is 0 Å². The van der Waals surface area contributed by atoms with Crippen LogP contribution >= 0.6 is 11.6 Å². The minimum Gasteiger partial charge on any atom is -0.486 e. The van der Waals surface area contributed by atoms with Crippen LogP contribution in [0.25, 0.3) is 11.4 Å². The number of nitrogen functional groups attached to an aromatic ring is 1. The van der Waals surface area contributed by atoms with Crippen molar-refractivity contribution in [1.29, 1.82) is 0 Å². The average molecular weight is 1040 g/mol. The molecule has 2 aliphatic rings. The highest BCUT2D eigenvalue weighted by Gasteiger charge is 2.37. The number of rotatable bonds is 8. The first-order valence-electron chi connectivity index (χ1n) is 21.6. The van der Waals surface area contributed by atoms with Crippen molar-refractivity contribution in [1.82, 2.24) is 39.0 Å². The Hall–Kier alpha value is -8.41. The summed E-state index contributed by atoms with van der Waals surface area (Å²) in [5, 5.41) is 2.98. The number of fused-ring (bicyclic) bond motifs is 2. The van der Waals surface area contributed by atoms with E-state index in [1.807, 2.05) is 13.8 Å². The largest absolute Gasteiger partial charge is 0.573 e. The zero-order valence-electron chi connectivity index (χ0n) is 38.7. The molecule has 0 saturated heterocycles. The van der Waals surface area contributed by atoms with Crippen molar-refractivity contribution in [2.24, 2.45) is 0 Å². The highest BCUT2D eigenvalue weighted by molar-refractivity contribution is 6.28. The number of benzene rings is 4. The van der Waals surface area contributed by atoms with E-state index in [-0.39, 0.29) is 41.8 Å². The number of halogens is 9. The third-order valence-electron chi connectivity index (χ3n) is 11.0. The minimum absolute atomic E-state index is 0.0275. The Kier molecular flexibility index (Phi) is 14.7. The number of aryl methyl sites for hydroxylation is 2. The fourth-order valence-corrected chi connectivity index (χ4v) is 7.76. The number of alkyl halides is 6. The second kappa shape index (κ2) is 21.1. The van der Waals surface area contributed by atoms with Crippen LogP contribution in [0.3, 0.4) is 0 Å². The number of nitrogens with zero attached hydrogens (tertiary/aromatic N) is 10. The zero-order valence-corrected chi connectivity index (χ0v) is 39.5. The first-order chi connectivity index (χ1) is 34.7. The smallest absolute Gasteiger partial charge is 0.486 e. The van der Waals surface area contributed by atoms with E-state index in [0.717, 1.165) is 11.4 Å². The molecule has 25 heteroatoms. The molecule has 73 heavy (non-hydrogen) atoms. The molecule has 0 spiro atoms. The van der Waals surface area contributed by atoms with Gasteiger partial charge in [0.1, 0.15) is 36.3 Å². The van der Waals surface area contributed by atoms with Crippen molar-refractivity contribution >= 4 is 40.6 Å². The predicted octanol–water partition coefficient (Wildman–Crippen LogP) is 10.8. The molecule has 3 N–H and O–H groups in total. The van der Waals surface area contributed by atoms with Crippen molar-refractivity contribution < 1.29 is 54.1 Å². The summed E-state index contributed by atoms with van der Waals surface area (Å²) in [6.07, 6.45) is -0.154. The molecule has 0 bridgehead atoms. The second-order valence-electron chi connectivity index (χ2n) is 16.1. The predicted molar refractivity (Wildman–Crippen MR) is 253 cm³/mol. The van der Waals surface area contributed by atoms with E-state index in [2.05, 4.69) is 44.7 Å². The number of para-hydroxylation sites is 2. The van der Waals surface area contributed by atoms with Gasteiger partial charge in [-0.1, -0.05) is 36.4 Å². The Bertz CT molecular complexity index is 3230. The summed E-state index contributed by atoms with van der Waals surface area (Å²) in [6.45, 7) is 3.86. The summed E-state index contributed by atoms with van der Waals surface area (Å²) in [5.74, 6) is 0.302. The molecule has 8 aromatic rings. The fourth-order valence-electron chi connectivity index (χ4n) is 7.63. The lowest BCUT2D eigenvalue weighted by Crippen LogP contribution is -2.35. The highest BCUT2D eigenvalue weighted by Crippen LogP contribution is 2.42. The van der Waals surface area contributed by atoms with Crippen LogP contribution < -0.4 is 39.8 Å². The van der Waals surface area contributed by atoms with Crippen LogP contribution in [0.5, 0.6) is 23.0 Å². The Labute approximate surface area is 415 Å². The number of anilines is 5. The van der Waals surface area contributed by atoms with Crippen molar-refractivity contribution in [3.05, 3.63) is 162 Å². The van der Waals surface area contributed by atoms with Gasteiger partial charge in [-0.25, -0.2) is 28.7 Å². The van der Waals surface area contributed by atoms with Gasteiger partial charge in [-0.05, 0) is 74.0 Å². The summed E-state index contributed by atoms with van der Waals surface area (Å²) in [4.78, 5) is 28.1. The van der Waals surface area contributed by atoms with Crippen LogP contribution in [0.15, 0.2) is 122 Å². The highest BCUT2D eigenvalue weighted by atomic mass is 35.5. The number of likely N-dealkylation sites (N-methyl/N-ethyl adjacent to an activating group) is 2. The molecule has 2 unspecified atom stereocenters. The Morgan fingerprint density at radius 2 is 1.12 bits per heavy atom. The van der Waals surface area contributed by atoms with Crippen LogP contribution in [0.2, 0.25) is 5.28 Å². The molecule has 2 atom stereocenters. The third-order valence-corrected chi connectivity index (χ3v) is 11.2. The summed E-state index contributed by atoms with van der Waals surface area (Å²) in [6, 6.07) is 19.9. The third kappa shape index (κ3) is 12.4. The molecule has 0 aliphatic carbocycles. The number of hydrogen-bond acceptors (Lipinski definition) is 14. The number of ether oxygens (including phenoxy) is 4. The van der Waals surface area contributed by atoms with E-state index in [9.17, 15) is 35.1 Å². The number of hydrogen-bond donors (Lipinski definition) is 2. The van der Waals surface area contributed by atoms with Crippen LogP contribution in [0.1, 0.15) is 34.6 Å². The molecule has 0 radical (unpaired) electrons. The van der Waals surface area contributed by atoms with Gasteiger partial charge < -0.3 is 48.9 Å². The Morgan fingerprint density at radius 1 is 0.644 bits per heavy atom. The summed E-state index contributed by atoms with van der Waals surface area (Å²) in [7, 11) is 3.38. The maximum absolute atomic E-state index is 14.7. The number of aromatic nitrogens is 8. The molecule has 4 aromatic heterocycles. The van der Waals surface area contributed by atoms with Gasteiger partial charge in [0.15, 0.2) is 23.1 Å². The quantitative estimate of drug-likeness (QED) is 0.0837. The van der Waals surface area contributed by atoms with Crippen LogP contribution in [0.4, 0.5) is 64.1 Å². The summed E-state index contributed by atoms with van der Waals surface area (Å²) >= 11 is 5.78. The zero-order chi connectivity index (χ0) is 52.2. The SMILES string of the molecule is CN1c2nc(Cl)ncc2OCC1c1ccccc1OC(F)(F)F.Cc1cn(-c2ccc(N)cc2F)cn1.Cc1cn(-c2ccc(Nc3ncc4c(n3)N(C)C(c3ccccc3OC(F)(F)F)CO4)cc2F)cn1. The van der Waals surface area contributed by atoms with Gasteiger partial charge in [0.2, 0.25) is 11.2 Å². The maximum atomic E-state index is 14.7. The van der Waals surface area contributed by atoms with E-state index in [1.165, 1.54) is 55.1 Å². The normalized spacial score (nSPS) is 15.0. The molecule has 16 nitrogen and oxygen atoms in total. The van der Waals surface area contributed by atoms with Crippen LogP contribution in [-0.4, -0.2) is 79.1 Å². The molecule has 2 aliphatic heterocycles. The molecule has 0 fully saturated rings. The van der Waals surface area contributed by atoms with E-state index in [4.69, 9.17) is 26.8 Å². The van der Waals surface area contributed by atoms with Crippen molar-refractivity contribution in [2.45, 2.75) is 38.7 Å². The second-order valence-corrected chi connectivity index (χ2v) is 16.4. The van der Waals surface area contributed by atoms with E-state index < -0.39 is 30.6 Å². The monoisotopic (exact) mass is 1040 g/mol. The van der Waals surface area contributed by atoms with Crippen LogP contribution in [0, 0.1) is 25.5 Å². The molecular weight excluding hydrogens is 996 g/mol. The lowest BCUT2D eigenvalue weighted by atomic mass is 10.0. The van der Waals surface area contributed by atoms with Gasteiger partial charge in [0.05, 0.1) is 59.9 Å². The summed E-state index contributed by atoms with van der Waals surface area (Å²) < 4.78 is 127. The first kappa shape index (κ1) is 51.0. The maximum Gasteiger partial charge on any atom is 0.573 e. The molecule has 0 amide bonds. The van der Waals surface area contributed by atoms with Gasteiger partial charge in [-0.2, -0.15) is 9.97 Å². The molecule has 0 saturated carbocycles. The van der Waals surface area contributed by atoms with Gasteiger partial charge in [0, 0.05) is 49.0 Å². The van der Waals surface area contributed by atoms with Crippen molar-refractivity contribution in [3.8, 4) is 34.4 Å². The van der Waals surface area contributed by atoms with Gasteiger partial charge in [-0.15, -0.1) is 26.3 Å². The first-order valence-corrected chi connectivity index (χ1v) is 22.0. The molecular formula is C48H41ClF8N12O4. The molecule has 380 valence electrons. The topological polar surface area (TPSA) is 169 Å².